The molecule has 23 heavy (non-hydrogen) atoms. The van der Waals surface area contributed by atoms with Gasteiger partial charge in [0, 0.05) is 22.6 Å². The lowest BCUT2D eigenvalue weighted by Gasteiger charge is -2.35. The molecule has 2 saturated heterocycles. The fraction of sp³-hybridized carbons (Fsp3) is 0.625. The molecule has 4 bridgehead atoms. The van der Waals surface area contributed by atoms with Crippen molar-refractivity contribution in [3.05, 3.63) is 23.3 Å². The van der Waals surface area contributed by atoms with Crippen molar-refractivity contribution in [2.45, 2.75) is 35.5 Å². The Morgan fingerprint density at radius 2 is 1.39 bits per heavy atom. The van der Waals surface area contributed by atoms with E-state index in [0.717, 1.165) is 0 Å². The fourth-order valence-corrected chi connectivity index (χ4v) is 7.26. The smallest absolute Gasteiger partial charge is 0.337 e. The topological polar surface area (TPSA) is 78.9 Å². The summed E-state index contributed by atoms with van der Waals surface area (Å²) in [6.45, 7) is 3.87. The molecule has 0 radical (unpaired) electrons. The minimum atomic E-state index is -1.12. The third-order valence-corrected chi connectivity index (χ3v) is 8.28. The molecule has 0 aromatic heterocycles. The largest absolute Gasteiger partial charge is 0.466 e. The Hall–Kier alpha value is -1.47. The van der Waals surface area contributed by atoms with Gasteiger partial charge in [0.2, 0.25) is 0 Å². The van der Waals surface area contributed by atoms with E-state index in [2.05, 4.69) is 0 Å². The van der Waals surface area contributed by atoms with Gasteiger partial charge in [-0.15, -0.1) is 0 Å². The van der Waals surface area contributed by atoms with Gasteiger partial charge in [-0.1, -0.05) is 12.2 Å². The van der Waals surface area contributed by atoms with E-state index in [1.807, 2.05) is 26.0 Å². The van der Waals surface area contributed by atoms with Gasteiger partial charge in [-0.2, -0.15) is 0 Å². The van der Waals surface area contributed by atoms with Gasteiger partial charge in [0.25, 0.3) is 0 Å². The summed E-state index contributed by atoms with van der Waals surface area (Å²) < 4.78 is 27.6. The second-order valence-corrected chi connectivity index (χ2v) is 9.11. The number of methoxy groups -OCH3 is 2. The van der Waals surface area contributed by atoms with Crippen LogP contribution in [0.3, 0.4) is 0 Å². The summed E-state index contributed by atoms with van der Waals surface area (Å²) in [5, 5.41) is 0. The molecule has 7 heteroatoms. The molecule has 1 unspecified atom stereocenters. The predicted molar refractivity (Wildman–Crippen MR) is 80.8 cm³/mol. The first kappa shape index (κ1) is 15.1. The number of carbonyl (C=O) groups is 2. The molecular formula is C16H18O6S. The van der Waals surface area contributed by atoms with Gasteiger partial charge in [-0.25, -0.2) is 9.59 Å². The molecule has 4 aliphatic heterocycles. The Labute approximate surface area is 136 Å². The standard InChI is InChI=1S/C16H18O6S/c1-15-5-6-16(2,23(15)19)10-9(15)11-7(13(17)20-3)8(12(10)22-11)14(18)21-4/h5-6,9-12H,1-4H3/t9-,10+,11+,12-,15+,16-,23?. The van der Waals surface area contributed by atoms with Crippen molar-refractivity contribution in [3.63, 3.8) is 0 Å². The van der Waals surface area contributed by atoms with E-state index in [4.69, 9.17) is 14.2 Å². The van der Waals surface area contributed by atoms with E-state index in [1.165, 1.54) is 14.2 Å². The molecule has 124 valence electrons. The minimum Gasteiger partial charge on any atom is -0.466 e. The fourth-order valence-electron chi connectivity index (χ4n) is 4.89. The average Bonchev–Trinajstić information content (AvgIpc) is 3.22. The molecule has 4 aliphatic rings. The molecular weight excluding hydrogens is 320 g/mol. The summed E-state index contributed by atoms with van der Waals surface area (Å²) >= 11 is 0. The first-order chi connectivity index (χ1) is 10.8. The van der Waals surface area contributed by atoms with E-state index in [1.54, 1.807) is 0 Å². The van der Waals surface area contributed by atoms with Crippen molar-refractivity contribution in [3.8, 4) is 0 Å². The van der Waals surface area contributed by atoms with Gasteiger partial charge in [0.05, 0.1) is 47.1 Å². The Kier molecular flexibility index (Phi) is 2.84. The Balaban J connectivity index is 1.90. The molecule has 0 amide bonds. The highest BCUT2D eigenvalue weighted by atomic mass is 32.2. The third kappa shape index (κ3) is 1.46. The van der Waals surface area contributed by atoms with Crippen LogP contribution < -0.4 is 0 Å². The maximum absolute atomic E-state index is 13.0. The maximum atomic E-state index is 13.0. The maximum Gasteiger partial charge on any atom is 0.337 e. The van der Waals surface area contributed by atoms with Gasteiger partial charge in [-0.3, -0.25) is 4.21 Å². The highest BCUT2D eigenvalue weighted by molar-refractivity contribution is 7.89. The zero-order valence-electron chi connectivity index (χ0n) is 13.3. The second kappa shape index (κ2) is 4.33. The lowest BCUT2D eigenvalue weighted by atomic mass is 9.63. The van der Waals surface area contributed by atoms with E-state index < -0.39 is 44.4 Å². The lowest BCUT2D eigenvalue weighted by molar-refractivity contribution is -0.139. The van der Waals surface area contributed by atoms with Crippen LogP contribution in [0.5, 0.6) is 0 Å². The first-order valence-corrected chi connectivity index (χ1v) is 8.64. The van der Waals surface area contributed by atoms with Crippen molar-refractivity contribution in [1.82, 2.24) is 0 Å². The van der Waals surface area contributed by atoms with Gasteiger partial charge in [0.1, 0.15) is 0 Å². The molecule has 7 atom stereocenters. The van der Waals surface area contributed by atoms with Crippen molar-refractivity contribution < 1.29 is 28.0 Å². The molecule has 6 nitrogen and oxygen atoms in total. The van der Waals surface area contributed by atoms with Crippen LogP contribution >= 0.6 is 0 Å². The number of esters is 2. The van der Waals surface area contributed by atoms with Crippen molar-refractivity contribution in [2.75, 3.05) is 14.2 Å². The van der Waals surface area contributed by atoms with E-state index >= 15 is 0 Å². The molecule has 0 aromatic rings. The van der Waals surface area contributed by atoms with E-state index in [9.17, 15) is 13.8 Å². The average molecular weight is 338 g/mol. The SMILES string of the molecule is COC(=O)C1=C(C(=O)OC)[C@@H]2O[C@H]1[C@@H]1[C@H]2[C@]2(C)C=C[C@@]1(C)S2=O. The molecule has 0 aliphatic carbocycles. The van der Waals surface area contributed by atoms with Crippen LogP contribution in [-0.2, 0) is 34.6 Å². The van der Waals surface area contributed by atoms with Crippen LogP contribution in [0.1, 0.15) is 13.8 Å². The summed E-state index contributed by atoms with van der Waals surface area (Å²) in [6.07, 6.45) is 2.79. The molecule has 2 fully saturated rings. The monoisotopic (exact) mass is 338 g/mol. The first-order valence-electron chi connectivity index (χ1n) is 7.49. The second-order valence-electron chi connectivity index (χ2n) is 6.81. The molecule has 0 spiro atoms. The third-order valence-electron chi connectivity index (χ3n) is 5.87. The Morgan fingerprint density at radius 3 is 1.74 bits per heavy atom. The molecule has 4 heterocycles. The quantitative estimate of drug-likeness (QED) is 0.539. The summed E-state index contributed by atoms with van der Waals surface area (Å²) in [5.41, 5.74) is 0.460. The van der Waals surface area contributed by atoms with Crippen LogP contribution in [0.25, 0.3) is 0 Å². The predicted octanol–water partition coefficient (Wildman–Crippen LogP) is 0.492. The summed E-state index contributed by atoms with van der Waals surface area (Å²) in [7, 11) is 1.42. The summed E-state index contributed by atoms with van der Waals surface area (Å²) in [4.78, 5) is 24.5. The number of hydrogen-bond donors (Lipinski definition) is 0. The normalized spacial score (nSPS) is 48.8. The van der Waals surface area contributed by atoms with Gasteiger partial charge < -0.3 is 14.2 Å². The number of ether oxygens (including phenoxy) is 3. The van der Waals surface area contributed by atoms with Gasteiger partial charge >= 0.3 is 11.9 Å². The number of carbonyl (C=O) groups excluding carboxylic acids is 2. The Morgan fingerprint density at radius 1 is 1.00 bits per heavy atom. The molecule has 0 saturated carbocycles. The zero-order valence-corrected chi connectivity index (χ0v) is 14.1. The minimum absolute atomic E-state index is 0.106. The summed E-state index contributed by atoms with van der Waals surface area (Å²) in [5.74, 6) is -1.37. The highest BCUT2D eigenvalue weighted by Gasteiger charge is 2.75. The van der Waals surface area contributed by atoms with Crippen LogP contribution in [0.15, 0.2) is 23.3 Å². The summed E-state index contributed by atoms with van der Waals surface area (Å²) in [6, 6.07) is 0. The van der Waals surface area contributed by atoms with Crippen molar-refractivity contribution in [1.29, 1.82) is 0 Å². The van der Waals surface area contributed by atoms with Crippen LogP contribution in [-0.4, -0.2) is 52.1 Å². The lowest BCUT2D eigenvalue weighted by Crippen LogP contribution is -2.45. The molecule has 4 rings (SSSR count). The molecule has 0 aromatic carbocycles. The number of rotatable bonds is 2. The van der Waals surface area contributed by atoms with Crippen LogP contribution in [0, 0.1) is 11.8 Å². The number of hydrogen-bond acceptors (Lipinski definition) is 6. The Bertz CT molecular complexity index is 668. The zero-order chi connectivity index (χ0) is 16.7. The van der Waals surface area contributed by atoms with E-state index in [-0.39, 0.29) is 23.0 Å². The van der Waals surface area contributed by atoms with Crippen molar-refractivity contribution in [2.24, 2.45) is 11.8 Å². The molecule has 0 N–H and O–H groups in total. The van der Waals surface area contributed by atoms with E-state index in [0.29, 0.717) is 0 Å². The van der Waals surface area contributed by atoms with Crippen LogP contribution in [0.4, 0.5) is 0 Å². The highest BCUT2D eigenvalue weighted by Crippen LogP contribution is 2.66. The van der Waals surface area contributed by atoms with Crippen LogP contribution in [0.2, 0.25) is 0 Å². The van der Waals surface area contributed by atoms with Gasteiger partial charge in [-0.05, 0) is 13.8 Å². The number of fused-ring (bicyclic) bond motifs is 9. The van der Waals surface area contributed by atoms with Gasteiger partial charge in [0.15, 0.2) is 0 Å². The van der Waals surface area contributed by atoms with Crippen molar-refractivity contribution >= 4 is 22.7 Å².